The average molecular weight is 286 g/mol. The van der Waals surface area contributed by atoms with Crippen LogP contribution in [0.25, 0.3) is 0 Å². The lowest BCUT2D eigenvalue weighted by molar-refractivity contribution is 0.196. The molecule has 1 aliphatic carbocycles. The predicted molar refractivity (Wildman–Crippen MR) is 91.2 cm³/mol. The number of hydrogen-bond donors (Lipinski definition) is 1. The topological polar surface area (TPSA) is 15.3 Å². The number of nitrogens with zero attached hydrogens (tertiary/aromatic N) is 1. The monoisotopic (exact) mass is 286 g/mol. The normalized spacial score (nSPS) is 25.3. The van der Waals surface area contributed by atoms with Gasteiger partial charge in [0.15, 0.2) is 0 Å². The largest absolute Gasteiger partial charge is 0.365 e. The summed E-state index contributed by atoms with van der Waals surface area (Å²) in [5.74, 6) is 0. The number of piperazine rings is 1. The van der Waals surface area contributed by atoms with E-state index in [0.717, 1.165) is 6.54 Å². The summed E-state index contributed by atoms with van der Waals surface area (Å²) in [4.78, 5) is 2.70. The van der Waals surface area contributed by atoms with Gasteiger partial charge in [0.05, 0.1) is 0 Å². The first kappa shape index (κ1) is 14.9. The van der Waals surface area contributed by atoms with Crippen LogP contribution in [0.5, 0.6) is 0 Å². The highest BCUT2D eigenvalue weighted by atomic mass is 15.3. The van der Waals surface area contributed by atoms with Crippen molar-refractivity contribution in [3.63, 3.8) is 0 Å². The highest BCUT2D eigenvalue weighted by Gasteiger charge is 2.39. The van der Waals surface area contributed by atoms with E-state index in [1.54, 1.807) is 0 Å². The lowest BCUT2D eigenvalue weighted by Gasteiger charge is -2.51. The minimum absolute atomic E-state index is 0.376. The Morgan fingerprint density at radius 3 is 2.62 bits per heavy atom. The molecule has 2 heteroatoms. The third-order valence-electron chi connectivity index (χ3n) is 5.57. The zero-order valence-corrected chi connectivity index (χ0v) is 13.9. The van der Waals surface area contributed by atoms with E-state index >= 15 is 0 Å². The fraction of sp³-hybridized carbons (Fsp3) is 0.684. The SMILES string of the molecule is CCC1CNC2(CCCCC2)CN1c1ccc(C)cc1C. The predicted octanol–water partition coefficient (Wildman–Crippen LogP) is 4.19. The molecule has 116 valence electrons. The number of anilines is 1. The smallest absolute Gasteiger partial charge is 0.0413 e. The molecule has 21 heavy (non-hydrogen) atoms. The average Bonchev–Trinajstić information content (AvgIpc) is 2.48. The molecule has 1 aromatic rings. The first-order valence-corrected chi connectivity index (χ1v) is 8.72. The zero-order valence-electron chi connectivity index (χ0n) is 13.9. The van der Waals surface area contributed by atoms with Crippen molar-refractivity contribution < 1.29 is 0 Å². The highest BCUT2D eigenvalue weighted by Crippen LogP contribution is 2.35. The number of rotatable bonds is 2. The van der Waals surface area contributed by atoms with E-state index in [0.29, 0.717) is 11.6 Å². The summed E-state index contributed by atoms with van der Waals surface area (Å²) in [6.07, 6.45) is 8.13. The third kappa shape index (κ3) is 2.96. The molecule has 0 amide bonds. The quantitative estimate of drug-likeness (QED) is 0.877. The lowest BCUT2D eigenvalue weighted by Crippen LogP contribution is -2.65. The van der Waals surface area contributed by atoms with Crippen molar-refractivity contribution in [2.45, 2.75) is 70.9 Å². The molecule has 1 aromatic carbocycles. The van der Waals surface area contributed by atoms with Crippen molar-refractivity contribution in [2.24, 2.45) is 0 Å². The minimum atomic E-state index is 0.376. The van der Waals surface area contributed by atoms with Crippen molar-refractivity contribution in [1.82, 2.24) is 5.32 Å². The highest BCUT2D eigenvalue weighted by molar-refractivity contribution is 5.56. The lowest BCUT2D eigenvalue weighted by atomic mass is 9.79. The molecule has 2 nitrogen and oxygen atoms in total. The molecule has 1 unspecified atom stereocenters. The second kappa shape index (κ2) is 6.00. The van der Waals surface area contributed by atoms with Crippen molar-refractivity contribution in [2.75, 3.05) is 18.0 Å². The van der Waals surface area contributed by atoms with E-state index < -0.39 is 0 Å². The van der Waals surface area contributed by atoms with Crippen LogP contribution >= 0.6 is 0 Å². The second-order valence-corrected chi connectivity index (χ2v) is 7.20. The molecule has 1 heterocycles. The second-order valence-electron chi connectivity index (χ2n) is 7.20. The molecule has 1 aliphatic heterocycles. The first-order valence-electron chi connectivity index (χ1n) is 8.72. The Bertz CT molecular complexity index is 488. The number of hydrogen-bond acceptors (Lipinski definition) is 2. The minimum Gasteiger partial charge on any atom is -0.365 e. The molecule has 1 saturated carbocycles. The van der Waals surface area contributed by atoms with E-state index in [1.165, 1.54) is 61.9 Å². The van der Waals surface area contributed by atoms with Gasteiger partial charge in [-0.2, -0.15) is 0 Å². The van der Waals surface area contributed by atoms with Gasteiger partial charge in [0, 0.05) is 30.4 Å². The van der Waals surface area contributed by atoms with Gasteiger partial charge >= 0.3 is 0 Å². The van der Waals surface area contributed by atoms with Crippen LogP contribution in [0.4, 0.5) is 5.69 Å². The van der Waals surface area contributed by atoms with Crippen molar-refractivity contribution >= 4 is 5.69 Å². The van der Waals surface area contributed by atoms with E-state index in [-0.39, 0.29) is 0 Å². The molecule has 1 spiro atoms. The van der Waals surface area contributed by atoms with Crippen LogP contribution < -0.4 is 10.2 Å². The van der Waals surface area contributed by atoms with Crippen LogP contribution in [0.2, 0.25) is 0 Å². The Hall–Kier alpha value is -1.02. The number of aryl methyl sites for hydroxylation is 2. The molecule has 0 bridgehead atoms. The van der Waals surface area contributed by atoms with Gasteiger partial charge in [0.2, 0.25) is 0 Å². The van der Waals surface area contributed by atoms with E-state index in [9.17, 15) is 0 Å². The summed E-state index contributed by atoms with van der Waals surface area (Å²) in [7, 11) is 0. The summed E-state index contributed by atoms with van der Waals surface area (Å²) in [6, 6.07) is 7.58. The van der Waals surface area contributed by atoms with Crippen molar-refractivity contribution in [3.8, 4) is 0 Å². The van der Waals surface area contributed by atoms with Crippen LogP contribution in [-0.2, 0) is 0 Å². The molecule has 3 rings (SSSR count). The van der Waals surface area contributed by atoms with Crippen LogP contribution in [0.15, 0.2) is 18.2 Å². The van der Waals surface area contributed by atoms with Gasteiger partial charge < -0.3 is 10.2 Å². The molecule has 1 saturated heterocycles. The van der Waals surface area contributed by atoms with Crippen molar-refractivity contribution in [3.05, 3.63) is 29.3 Å². The van der Waals surface area contributed by atoms with Gasteiger partial charge in [-0.25, -0.2) is 0 Å². The van der Waals surface area contributed by atoms with Gasteiger partial charge in [0.25, 0.3) is 0 Å². The maximum absolute atomic E-state index is 3.92. The molecule has 0 aromatic heterocycles. The summed E-state index contributed by atoms with van der Waals surface area (Å²) in [6.45, 7) is 9.11. The maximum atomic E-state index is 3.92. The molecular weight excluding hydrogens is 256 g/mol. The van der Waals surface area contributed by atoms with Gasteiger partial charge in [-0.1, -0.05) is 43.9 Å². The fourth-order valence-electron chi connectivity index (χ4n) is 4.29. The molecule has 1 atom stereocenters. The summed E-state index contributed by atoms with van der Waals surface area (Å²) >= 11 is 0. The van der Waals surface area contributed by atoms with Crippen LogP contribution in [0, 0.1) is 13.8 Å². The maximum Gasteiger partial charge on any atom is 0.0413 e. The molecule has 1 N–H and O–H groups in total. The molecule has 0 radical (unpaired) electrons. The number of nitrogens with one attached hydrogen (secondary N) is 1. The van der Waals surface area contributed by atoms with E-state index in [2.05, 4.69) is 49.2 Å². The summed E-state index contributed by atoms with van der Waals surface area (Å²) in [5, 5.41) is 3.92. The Morgan fingerprint density at radius 1 is 1.19 bits per heavy atom. The number of benzene rings is 1. The van der Waals surface area contributed by atoms with E-state index in [4.69, 9.17) is 0 Å². The van der Waals surface area contributed by atoms with Gasteiger partial charge in [-0.3, -0.25) is 0 Å². The van der Waals surface area contributed by atoms with Crippen LogP contribution in [-0.4, -0.2) is 24.7 Å². The Balaban J connectivity index is 1.88. The Morgan fingerprint density at radius 2 is 1.95 bits per heavy atom. The summed E-state index contributed by atoms with van der Waals surface area (Å²) in [5.41, 5.74) is 4.63. The fourth-order valence-corrected chi connectivity index (χ4v) is 4.29. The zero-order chi connectivity index (χ0) is 14.9. The summed E-state index contributed by atoms with van der Waals surface area (Å²) < 4.78 is 0. The van der Waals surface area contributed by atoms with Gasteiger partial charge in [0.1, 0.15) is 0 Å². The Kier molecular flexibility index (Phi) is 4.26. The molecule has 2 fully saturated rings. The standard InChI is InChI=1S/C19H30N2/c1-4-17-13-20-19(10-6-5-7-11-19)14-21(17)18-9-8-15(2)12-16(18)3/h8-9,12,17,20H,4-7,10-11,13-14H2,1-3H3. The molecule has 2 aliphatic rings. The van der Waals surface area contributed by atoms with E-state index in [1.807, 2.05) is 0 Å². The molecular formula is C19H30N2. The van der Waals surface area contributed by atoms with Crippen molar-refractivity contribution in [1.29, 1.82) is 0 Å². The first-order chi connectivity index (χ1) is 10.1. The van der Waals surface area contributed by atoms with Crippen LogP contribution in [0.3, 0.4) is 0 Å². The van der Waals surface area contributed by atoms with Crippen LogP contribution in [0.1, 0.15) is 56.6 Å². The third-order valence-corrected chi connectivity index (χ3v) is 5.57. The van der Waals surface area contributed by atoms with Gasteiger partial charge in [-0.05, 0) is 44.7 Å². The van der Waals surface area contributed by atoms with Gasteiger partial charge in [-0.15, -0.1) is 0 Å². The Labute approximate surface area is 129 Å².